The maximum Gasteiger partial charge on any atom is 0.308 e. The molecule has 1 fully saturated rings. The number of anilines is 1. The zero-order valence-corrected chi connectivity index (χ0v) is 16.0. The second-order valence-electron chi connectivity index (χ2n) is 7.18. The van der Waals surface area contributed by atoms with E-state index >= 15 is 0 Å². The highest BCUT2D eigenvalue weighted by molar-refractivity contribution is 7.89. The van der Waals surface area contributed by atoms with Gasteiger partial charge < -0.3 is 10.0 Å². The van der Waals surface area contributed by atoms with Crippen LogP contribution in [-0.4, -0.2) is 48.3 Å². The number of hydrogen-bond acceptors (Lipinski definition) is 4. The Kier molecular flexibility index (Phi) is 4.83. The molecule has 1 aromatic carbocycles. The van der Waals surface area contributed by atoms with E-state index in [0.29, 0.717) is 25.8 Å². The molecule has 1 aromatic rings. The summed E-state index contributed by atoms with van der Waals surface area (Å²) in [6.07, 6.45) is 1.62. The number of piperidine rings is 1. The van der Waals surface area contributed by atoms with Crippen LogP contribution in [-0.2, 0) is 26.0 Å². The number of carboxylic acids is 1. The first kappa shape index (κ1) is 18.8. The molecule has 0 aliphatic carbocycles. The van der Waals surface area contributed by atoms with Crippen LogP contribution in [0, 0.1) is 5.92 Å². The molecule has 1 unspecified atom stereocenters. The van der Waals surface area contributed by atoms with E-state index < -0.39 is 28.0 Å². The number of rotatable bonds is 3. The van der Waals surface area contributed by atoms with Crippen molar-refractivity contribution in [2.24, 2.45) is 5.92 Å². The fourth-order valence-electron chi connectivity index (χ4n) is 4.16. The molecule has 0 radical (unpaired) electrons. The van der Waals surface area contributed by atoms with E-state index in [1.807, 2.05) is 6.92 Å². The number of benzene rings is 1. The van der Waals surface area contributed by atoms with Gasteiger partial charge in [0.1, 0.15) is 0 Å². The lowest BCUT2D eigenvalue weighted by atomic mass is 9.92. The predicted molar refractivity (Wildman–Crippen MR) is 96.5 cm³/mol. The average Bonchev–Trinajstić information content (AvgIpc) is 2.89. The number of fused-ring (bicyclic) bond motifs is 1. The number of carboxylic acid groups (broad SMARTS) is 1. The molecule has 7 nitrogen and oxygen atoms in total. The summed E-state index contributed by atoms with van der Waals surface area (Å²) >= 11 is 0. The van der Waals surface area contributed by atoms with Gasteiger partial charge in [0.05, 0.1) is 10.8 Å². The van der Waals surface area contributed by atoms with Gasteiger partial charge in [-0.05, 0) is 56.9 Å². The first-order chi connectivity index (χ1) is 12.1. The van der Waals surface area contributed by atoms with Gasteiger partial charge >= 0.3 is 5.97 Å². The van der Waals surface area contributed by atoms with Crippen LogP contribution in [0.3, 0.4) is 0 Å². The van der Waals surface area contributed by atoms with E-state index in [4.69, 9.17) is 0 Å². The Hall–Kier alpha value is -1.93. The average molecular weight is 380 g/mol. The Labute approximate surface area is 153 Å². The molecule has 3 atom stereocenters. The summed E-state index contributed by atoms with van der Waals surface area (Å²) in [5.41, 5.74) is 1.58. The molecule has 26 heavy (non-hydrogen) atoms. The van der Waals surface area contributed by atoms with Crippen LogP contribution in [0.2, 0.25) is 0 Å². The van der Waals surface area contributed by atoms with Gasteiger partial charge in [0.25, 0.3) is 0 Å². The fourth-order valence-corrected chi connectivity index (χ4v) is 5.92. The lowest BCUT2D eigenvalue weighted by molar-refractivity contribution is -0.144. The predicted octanol–water partition coefficient (Wildman–Crippen LogP) is 1.86. The summed E-state index contributed by atoms with van der Waals surface area (Å²) in [6.45, 7) is 5.40. The summed E-state index contributed by atoms with van der Waals surface area (Å²) in [4.78, 5) is 25.1. The lowest BCUT2D eigenvalue weighted by Gasteiger charge is -2.36. The van der Waals surface area contributed by atoms with Crippen molar-refractivity contribution in [2.45, 2.75) is 57.0 Å². The third-order valence-electron chi connectivity index (χ3n) is 5.46. The highest BCUT2D eigenvalue weighted by atomic mass is 32.2. The Morgan fingerprint density at radius 1 is 1.23 bits per heavy atom. The molecular formula is C18H24N2O5S. The van der Waals surface area contributed by atoms with Crippen LogP contribution in [0.5, 0.6) is 0 Å². The molecule has 1 N–H and O–H groups in total. The lowest BCUT2D eigenvalue weighted by Crippen LogP contribution is -2.48. The molecule has 0 aromatic heterocycles. The van der Waals surface area contributed by atoms with Crippen molar-refractivity contribution < 1.29 is 23.1 Å². The molecule has 1 amide bonds. The molecule has 1 saturated heterocycles. The van der Waals surface area contributed by atoms with Gasteiger partial charge in [-0.1, -0.05) is 0 Å². The molecule has 3 rings (SSSR count). The van der Waals surface area contributed by atoms with Gasteiger partial charge in [0.15, 0.2) is 0 Å². The Balaban J connectivity index is 1.95. The summed E-state index contributed by atoms with van der Waals surface area (Å²) in [5, 5.41) is 9.34. The molecule has 2 aliphatic rings. The van der Waals surface area contributed by atoms with Crippen LogP contribution in [0.1, 0.15) is 39.2 Å². The number of sulfonamides is 1. The SMILES string of the molecule is CC(=O)N1c2ccc(S(=O)(=O)N3CCC[C@H](C(=O)O)[C@@H]3C)cc2CC1C. The molecule has 0 bridgehead atoms. The Morgan fingerprint density at radius 3 is 2.54 bits per heavy atom. The first-order valence-electron chi connectivity index (χ1n) is 8.82. The minimum absolute atomic E-state index is 0.00856. The van der Waals surface area contributed by atoms with Crippen LogP contribution in [0.15, 0.2) is 23.1 Å². The zero-order valence-electron chi connectivity index (χ0n) is 15.2. The number of hydrogen-bond donors (Lipinski definition) is 1. The molecule has 8 heteroatoms. The maximum absolute atomic E-state index is 13.1. The Morgan fingerprint density at radius 2 is 1.92 bits per heavy atom. The van der Waals surface area contributed by atoms with Crippen LogP contribution in [0.25, 0.3) is 0 Å². The van der Waals surface area contributed by atoms with Gasteiger partial charge in [-0.25, -0.2) is 8.42 Å². The summed E-state index contributed by atoms with van der Waals surface area (Å²) in [7, 11) is -3.79. The standard InChI is InChI=1S/C18H24N2O5S/c1-11-9-14-10-15(6-7-17(14)20(11)13(3)21)26(24,25)19-8-4-5-16(12(19)2)18(22)23/h6-7,10-12,16H,4-5,8-9H2,1-3H3,(H,22,23)/t11?,12-,16-/m0/s1. The van der Waals surface area contributed by atoms with Crippen molar-refractivity contribution >= 4 is 27.6 Å². The minimum Gasteiger partial charge on any atom is -0.481 e. The van der Waals surface area contributed by atoms with Gasteiger partial charge in [0.2, 0.25) is 15.9 Å². The van der Waals surface area contributed by atoms with Gasteiger partial charge in [-0.2, -0.15) is 4.31 Å². The van der Waals surface area contributed by atoms with Crippen molar-refractivity contribution in [1.82, 2.24) is 4.31 Å². The van der Waals surface area contributed by atoms with Gasteiger partial charge in [0, 0.05) is 31.2 Å². The first-order valence-corrected chi connectivity index (χ1v) is 10.3. The second-order valence-corrected chi connectivity index (χ2v) is 9.07. The van der Waals surface area contributed by atoms with E-state index in [0.717, 1.165) is 11.3 Å². The molecule has 2 heterocycles. The van der Waals surface area contributed by atoms with Gasteiger partial charge in [-0.15, -0.1) is 0 Å². The normalized spacial score (nSPS) is 26.6. The van der Waals surface area contributed by atoms with Crippen LogP contribution in [0.4, 0.5) is 5.69 Å². The van der Waals surface area contributed by atoms with E-state index in [9.17, 15) is 23.1 Å². The van der Waals surface area contributed by atoms with Crippen molar-refractivity contribution in [3.05, 3.63) is 23.8 Å². The van der Waals surface area contributed by atoms with Crippen molar-refractivity contribution in [1.29, 1.82) is 0 Å². The van der Waals surface area contributed by atoms with E-state index in [1.54, 1.807) is 24.0 Å². The molecule has 0 saturated carbocycles. The largest absolute Gasteiger partial charge is 0.481 e. The van der Waals surface area contributed by atoms with Crippen LogP contribution < -0.4 is 4.90 Å². The van der Waals surface area contributed by atoms with Crippen molar-refractivity contribution in [3.63, 3.8) is 0 Å². The number of amides is 1. The molecule has 0 spiro atoms. The molecular weight excluding hydrogens is 356 g/mol. The van der Waals surface area contributed by atoms with Crippen LogP contribution >= 0.6 is 0 Å². The quantitative estimate of drug-likeness (QED) is 0.864. The summed E-state index contributed by atoms with van der Waals surface area (Å²) < 4.78 is 27.5. The number of aliphatic carboxylic acids is 1. The third-order valence-corrected chi connectivity index (χ3v) is 7.44. The van der Waals surface area contributed by atoms with E-state index in [2.05, 4.69) is 0 Å². The zero-order chi connectivity index (χ0) is 19.2. The van der Waals surface area contributed by atoms with E-state index in [1.165, 1.54) is 17.3 Å². The second kappa shape index (κ2) is 6.66. The maximum atomic E-state index is 13.1. The fraction of sp³-hybridized carbons (Fsp3) is 0.556. The minimum atomic E-state index is -3.79. The smallest absolute Gasteiger partial charge is 0.308 e. The molecule has 142 valence electrons. The van der Waals surface area contributed by atoms with Crippen molar-refractivity contribution in [2.75, 3.05) is 11.4 Å². The monoisotopic (exact) mass is 380 g/mol. The highest BCUT2D eigenvalue weighted by Crippen LogP contribution is 2.36. The van der Waals surface area contributed by atoms with Crippen molar-refractivity contribution in [3.8, 4) is 0 Å². The topological polar surface area (TPSA) is 95.0 Å². The number of nitrogens with zero attached hydrogens (tertiary/aromatic N) is 2. The number of carbonyl (C=O) groups is 2. The third kappa shape index (κ3) is 3.01. The molecule has 2 aliphatic heterocycles. The summed E-state index contributed by atoms with van der Waals surface area (Å²) in [5.74, 6) is -1.72. The summed E-state index contributed by atoms with van der Waals surface area (Å²) in [6, 6.07) is 4.22. The Bertz CT molecular complexity index is 851. The number of carbonyl (C=O) groups excluding carboxylic acids is 1. The van der Waals surface area contributed by atoms with Gasteiger partial charge in [-0.3, -0.25) is 9.59 Å². The highest BCUT2D eigenvalue weighted by Gasteiger charge is 2.40. The van der Waals surface area contributed by atoms with E-state index in [-0.39, 0.29) is 16.8 Å².